The van der Waals surface area contributed by atoms with Crippen LogP contribution in [0.1, 0.15) is 15.9 Å². The van der Waals surface area contributed by atoms with Crippen LogP contribution in [0.2, 0.25) is 0 Å². The first-order valence-corrected chi connectivity index (χ1v) is 7.20. The van der Waals surface area contributed by atoms with Crippen LogP contribution in [0.15, 0.2) is 54.6 Å². The van der Waals surface area contributed by atoms with Gasteiger partial charge in [0, 0.05) is 11.1 Å². The number of carbonyl (C=O) groups excluding carboxylic acids is 1. The summed E-state index contributed by atoms with van der Waals surface area (Å²) in [6, 6.07) is 16.4. The average molecular weight is 320 g/mol. The molecule has 6 heteroatoms. The number of rotatable bonds is 4. The fraction of sp³-hybridized carbons (Fsp3) is 0.0556. The van der Waals surface area contributed by atoms with E-state index in [1.54, 1.807) is 0 Å². The summed E-state index contributed by atoms with van der Waals surface area (Å²) in [5.74, 6) is -0.552. The lowest BCUT2D eigenvalue weighted by Crippen LogP contribution is -2.14. The summed E-state index contributed by atoms with van der Waals surface area (Å²) in [7, 11) is 0. The maximum absolute atomic E-state index is 12.9. The number of nitrogen functional groups attached to an aromatic ring is 1. The van der Waals surface area contributed by atoms with Crippen molar-refractivity contribution < 1.29 is 9.18 Å². The number of nitriles is 1. The SMILES string of the molecule is N#Cc1c(-c2ccccc2)nn(CC(=O)c2ccc(F)cc2)c1N. The molecule has 5 nitrogen and oxygen atoms in total. The number of ketones is 1. The molecule has 1 aromatic heterocycles. The van der Waals surface area contributed by atoms with Crippen molar-refractivity contribution in [1.29, 1.82) is 5.26 Å². The molecule has 0 bridgehead atoms. The number of aromatic nitrogens is 2. The Morgan fingerprint density at radius 2 is 1.83 bits per heavy atom. The van der Waals surface area contributed by atoms with Crippen LogP contribution in [0.25, 0.3) is 11.3 Å². The molecular formula is C18H13FN4O. The van der Waals surface area contributed by atoms with Gasteiger partial charge in [-0.1, -0.05) is 30.3 Å². The van der Waals surface area contributed by atoms with E-state index >= 15 is 0 Å². The minimum atomic E-state index is -0.414. The number of Topliss-reactive ketones (excluding diaryl/α,β-unsaturated/α-hetero) is 1. The zero-order valence-corrected chi connectivity index (χ0v) is 12.6. The first-order chi connectivity index (χ1) is 11.6. The lowest BCUT2D eigenvalue weighted by molar-refractivity contribution is 0.0968. The predicted octanol–water partition coefficient (Wildman–Crippen LogP) is 3.03. The van der Waals surface area contributed by atoms with E-state index in [2.05, 4.69) is 5.10 Å². The fourth-order valence-electron chi connectivity index (χ4n) is 2.37. The van der Waals surface area contributed by atoms with Crippen LogP contribution in [0, 0.1) is 17.1 Å². The minimum Gasteiger partial charge on any atom is -0.383 e. The van der Waals surface area contributed by atoms with Crippen molar-refractivity contribution in [2.24, 2.45) is 0 Å². The molecule has 1 heterocycles. The molecule has 0 aliphatic heterocycles. The zero-order chi connectivity index (χ0) is 17.1. The van der Waals surface area contributed by atoms with Gasteiger partial charge in [-0.3, -0.25) is 4.79 Å². The van der Waals surface area contributed by atoms with Crippen LogP contribution in [-0.4, -0.2) is 15.6 Å². The predicted molar refractivity (Wildman–Crippen MR) is 87.5 cm³/mol. The molecule has 0 saturated heterocycles. The van der Waals surface area contributed by atoms with Gasteiger partial charge in [0.15, 0.2) is 5.78 Å². The molecule has 0 spiro atoms. The van der Waals surface area contributed by atoms with Crippen LogP contribution in [0.3, 0.4) is 0 Å². The molecule has 2 aromatic carbocycles. The Morgan fingerprint density at radius 3 is 2.46 bits per heavy atom. The molecule has 0 saturated carbocycles. The van der Waals surface area contributed by atoms with E-state index in [9.17, 15) is 14.4 Å². The number of nitrogens with two attached hydrogens (primary N) is 1. The van der Waals surface area contributed by atoms with Crippen LogP contribution in [0.5, 0.6) is 0 Å². The third-order valence-electron chi connectivity index (χ3n) is 3.61. The van der Waals surface area contributed by atoms with Gasteiger partial charge in [-0.2, -0.15) is 10.4 Å². The van der Waals surface area contributed by atoms with Crippen molar-refractivity contribution in [2.75, 3.05) is 5.73 Å². The Morgan fingerprint density at radius 1 is 1.17 bits per heavy atom. The van der Waals surface area contributed by atoms with E-state index in [1.807, 2.05) is 36.4 Å². The molecule has 3 aromatic rings. The largest absolute Gasteiger partial charge is 0.383 e. The van der Waals surface area contributed by atoms with Crippen molar-refractivity contribution in [3.05, 3.63) is 71.5 Å². The molecule has 24 heavy (non-hydrogen) atoms. The molecular weight excluding hydrogens is 307 g/mol. The third-order valence-corrected chi connectivity index (χ3v) is 3.61. The lowest BCUT2D eigenvalue weighted by atomic mass is 10.1. The van der Waals surface area contributed by atoms with Gasteiger partial charge in [-0.05, 0) is 24.3 Å². The summed E-state index contributed by atoms with van der Waals surface area (Å²) in [4.78, 5) is 12.3. The number of benzene rings is 2. The van der Waals surface area contributed by atoms with E-state index in [0.29, 0.717) is 11.3 Å². The molecule has 0 radical (unpaired) electrons. The quantitative estimate of drug-likeness (QED) is 0.749. The molecule has 0 aliphatic carbocycles. The fourth-order valence-corrected chi connectivity index (χ4v) is 2.37. The molecule has 0 fully saturated rings. The first-order valence-electron chi connectivity index (χ1n) is 7.20. The molecule has 2 N–H and O–H groups in total. The number of halogens is 1. The van der Waals surface area contributed by atoms with Gasteiger partial charge < -0.3 is 5.73 Å². The van der Waals surface area contributed by atoms with Crippen LogP contribution < -0.4 is 5.73 Å². The second kappa shape index (κ2) is 6.34. The van der Waals surface area contributed by atoms with Crippen molar-refractivity contribution in [2.45, 2.75) is 6.54 Å². The zero-order valence-electron chi connectivity index (χ0n) is 12.6. The van der Waals surface area contributed by atoms with E-state index in [4.69, 9.17) is 5.73 Å². The summed E-state index contributed by atoms with van der Waals surface area (Å²) in [5.41, 5.74) is 7.73. The topological polar surface area (TPSA) is 84.7 Å². The van der Waals surface area contributed by atoms with Crippen molar-refractivity contribution in [1.82, 2.24) is 9.78 Å². The highest BCUT2D eigenvalue weighted by atomic mass is 19.1. The molecule has 0 atom stereocenters. The van der Waals surface area contributed by atoms with Crippen molar-refractivity contribution in [3.8, 4) is 17.3 Å². The molecule has 3 rings (SSSR count). The Hall–Kier alpha value is -3.46. The van der Waals surface area contributed by atoms with Crippen molar-refractivity contribution >= 4 is 11.6 Å². The summed E-state index contributed by atoms with van der Waals surface area (Å²) in [6.45, 7) is -0.126. The average Bonchev–Trinajstić information content (AvgIpc) is 2.92. The second-order valence-electron chi connectivity index (χ2n) is 5.17. The summed E-state index contributed by atoms with van der Waals surface area (Å²) in [5, 5.41) is 13.7. The molecule has 0 amide bonds. The van der Waals surface area contributed by atoms with Crippen LogP contribution >= 0.6 is 0 Å². The minimum absolute atomic E-state index is 0.126. The van der Waals surface area contributed by atoms with Gasteiger partial charge >= 0.3 is 0 Å². The standard InChI is InChI=1S/C18H13FN4O/c19-14-8-6-12(7-9-14)16(24)11-23-18(21)15(10-20)17(22-23)13-4-2-1-3-5-13/h1-9H,11,21H2. The van der Waals surface area contributed by atoms with Gasteiger partial charge in [-0.15, -0.1) is 0 Å². The molecule has 0 aliphatic rings. The maximum Gasteiger partial charge on any atom is 0.184 e. The molecule has 0 unspecified atom stereocenters. The highest BCUT2D eigenvalue weighted by molar-refractivity contribution is 5.96. The van der Waals surface area contributed by atoms with Crippen LogP contribution in [0.4, 0.5) is 10.2 Å². The normalized spacial score (nSPS) is 10.3. The van der Waals surface area contributed by atoms with Gasteiger partial charge in [0.05, 0.1) is 0 Å². The van der Waals surface area contributed by atoms with Gasteiger partial charge in [-0.25, -0.2) is 9.07 Å². The summed E-state index contributed by atoms with van der Waals surface area (Å²) >= 11 is 0. The maximum atomic E-state index is 12.9. The van der Waals surface area contributed by atoms with Crippen molar-refractivity contribution in [3.63, 3.8) is 0 Å². The highest BCUT2D eigenvalue weighted by Gasteiger charge is 2.19. The monoisotopic (exact) mass is 320 g/mol. The Bertz CT molecular complexity index is 924. The van der Waals surface area contributed by atoms with Crippen LogP contribution in [-0.2, 0) is 6.54 Å². The number of nitrogens with zero attached hydrogens (tertiary/aromatic N) is 3. The number of anilines is 1. The number of hydrogen-bond acceptors (Lipinski definition) is 4. The Labute approximate surface area is 137 Å². The third kappa shape index (κ3) is 2.88. The highest BCUT2D eigenvalue weighted by Crippen LogP contribution is 2.26. The lowest BCUT2D eigenvalue weighted by Gasteiger charge is -2.03. The second-order valence-corrected chi connectivity index (χ2v) is 5.17. The number of hydrogen-bond donors (Lipinski definition) is 1. The first kappa shape index (κ1) is 15.4. The summed E-state index contributed by atoms with van der Waals surface area (Å²) < 4.78 is 14.2. The van der Waals surface area contributed by atoms with E-state index in [1.165, 1.54) is 28.9 Å². The van der Waals surface area contributed by atoms with E-state index < -0.39 is 5.82 Å². The summed E-state index contributed by atoms with van der Waals surface area (Å²) in [6.07, 6.45) is 0. The number of carbonyl (C=O) groups is 1. The Balaban J connectivity index is 1.95. The molecule has 118 valence electrons. The van der Waals surface area contributed by atoms with Gasteiger partial charge in [0.2, 0.25) is 0 Å². The van der Waals surface area contributed by atoms with E-state index in [0.717, 1.165) is 5.56 Å². The van der Waals surface area contributed by atoms with Gasteiger partial charge in [0.1, 0.15) is 35.5 Å². The Kier molecular flexibility index (Phi) is 4.08. The smallest absolute Gasteiger partial charge is 0.184 e. The van der Waals surface area contributed by atoms with Gasteiger partial charge in [0.25, 0.3) is 0 Å². The van der Waals surface area contributed by atoms with E-state index in [-0.39, 0.29) is 23.7 Å².